The van der Waals surface area contributed by atoms with E-state index >= 15 is 0 Å². The predicted octanol–water partition coefficient (Wildman–Crippen LogP) is 1.16. The summed E-state index contributed by atoms with van der Waals surface area (Å²) >= 11 is 0. The quantitative estimate of drug-likeness (QED) is 0.765. The maximum Gasteiger partial charge on any atom is 0.241 e. The second kappa shape index (κ2) is 6.51. The molecule has 4 nitrogen and oxygen atoms in total. The summed E-state index contributed by atoms with van der Waals surface area (Å²) in [5.41, 5.74) is 0. The van der Waals surface area contributed by atoms with Crippen LogP contribution in [0.1, 0.15) is 39.5 Å². The van der Waals surface area contributed by atoms with Gasteiger partial charge in [0.2, 0.25) is 11.8 Å². The van der Waals surface area contributed by atoms with Gasteiger partial charge in [-0.2, -0.15) is 0 Å². The summed E-state index contributed by atoms with van der Waals surface area (Å²) in [6.07, 6.45) is 4.05. The second-order valence-corrected chi connectivity index (χ2v) is 4.50. The van der Waals surface area contributed by atoms with Crippen LogP contribution in [0.4, 0.5) is 0 Å². The number of carbonyl (C=O) groups excluding carboxylic acids is 2. The van der Waals surface area contributed by atoms with Crippen molar-refractivity contribution >= 4 is 11.8 Å². The molecule has 0 saturated carbocycles. The predicted molar refractivity (Wildman–Crippen MR) is 62.9 cm³/mol. The molecule has 0 spiro atoms. The normalized spacial score (nSPS) is 17.2. The Morgan fingerprint density at radius 2 is 1.94 bits per heavy atom. The number of nitrogens with zero attached hydrogens (tertiary/aromatic N) is 1. The van der Waals surface area contributed by atoms with Gasteiger partial charge in [-0.1, -0.05) is 20.3 Å². The highest BCUT2D eigenvalue weighted by Crippen LogP contribution is 2.07. The van der Waals surface area contributed by atoms with Crippen molar-refractivity contribution in [2.24, 2.45) is 5.92 Å². The molecule has 92 valence electrons. The molecule has 0 aromatic rings. The summed E-state index contributed by atoms with van der Waals surface area (Å²) < 4.78 is 0. The van der Waals surface area contributed by atoms with Crippen molar-refractivity contribution in [1.29, 1.82) is 0 Å². The number of nitrogens with one attached hydrogen (secondary N) is 1. The van der Waals surface area contributed by atoms with Gasteiger partial charge in [-0.3, -0.25) is 9.59 Å². The minimum atomic E-state index is -0.00519. The first-order valence-electron chi connectivity index (χ1n) is 6.20. The van der Waals surface area contributed by atoms with Crippen LogP contribution < -0.4 is 5.32 Å². The zero-order valence-electron chi connectivity index (χ0n) is 10.3. The molecule has 0 aromatic heterocycles. The molecule has 1 aliphatic heterocycles. The van der Waals surface area contributed by atoms with Crippen LogP contribution in [0.5, 0.6) is 0 Å². The molecule has 1 saturated heterocycles. The molecule has 1 aliphatic rings. The molecule has 2 amide bonds. The summed E-state index contributed by atoms with van der Waals surface area (Å²) in [5.74, 6) is 0.0559. The van der Waals surface area contributed by atoms with Gasteiger partial charge < -0.3 is 10.2 Å². The lowest BCUT2D eigenvalue weighted by Gasteiger charge is -2.16. The van der Waals surface area contributed by atoms with Crippen molar-refractivity contribution in [2.45, 2.75) is 39.5 Å². The maximum atomic E-state index is 11.6. The van der Waals surface area contributed by atoms with Gasteiger partial charge in [-0.15, -0.1) is 0 Å². The fraction of sp³-hybridized carbons (Fsp3) is 0.833. The lowest BCUT2D eigenvalue weighted by molar-refractivity contribution is -0.133. The first-order chi connectivity index (χ1) is 7.65. The number of likely N-dealkylation sites (tertiary alicyclic amines) is 1. The summed E-state index contributed by atoms with van der Waals surface area (Å²) in [7, 11) is 0. The molecule has 1 N–H and O–H groups in total. The molecule has 1 rings (SSSR count). The fourth-order valence-electron chi connectivity index (χ4n) is 1.98. The fourth-order valence-corrected chi connectivity index (χ4v) is 1.98. The highest BCUT2D eigenvalue weighted by molar-refractivity contribution is 5.85. The van der Waals surface area contributed by atoms with E-state index in [9.17, 15) is 9.59 Å². The van der Waals surface area contributed by atoms with Crippen LogP contribution in [-0.2, 0) is 9.59 Å². The number of rotatable bonds is 5. The van der Waals surface area contributed by atoms with Gasteiger partial charge in [0.25, 0.3) is 0 Å². The Morgan fingerprint density at radius 3 is 2.50 bits per heavy atom. The van der Waals surface area contributed by atoms with E-state index in [1.165, 1.54) is 0 Å². The van der Waals surface area contributed by atoms with E-state index in [-0.39, 0.29) is 24.3 Å². The third-order valence-electron chi connectivity index (χ3n) is 3.04. The number of hydrogen-bond acceptors (Lipinski definition) is 2. The van der Waals surface area contributed by atoms with Crippen LogP contribution in [0.2, 0.25) is 0 Å². The number of carbonyl (C=O) groups is 2. The van der Waals surface area contributed by atoms with Gasteiger partial charge in [0, 0.05) is 19.0 Å². The van der Waals surface area contributed by atoms with Crippen molar-refractivity contribution in [3.63, 3.8) is 0 Å². The van der Waals surface area contributed by atoms with E-state index in [0.29, 0.717) is 0 Å². The molecule has 1 fully saturated rings. The standard InChI is InChI=1S/C12H22N2O2/c1-3-6-10(2)12(16)13-9-11(15)14-7-4-5-8-14/h10H,3-9H2,1-2H3,(H,13,16). The summed E-state index contributed by atoms with van der Waals surface area (Å²) in [6, 6.07) is 0. The van der Waals surface area contributed by atoms with Crippen LogP contribution in [0.3, 0.4) is 0 Å². The zero-order chi connectivity index (χ0) is 12.0. The van der Waals surface area contributed by atoms with Crippen LogP contribution in [-0.4, -0.2) is 36.3 Å². The Bertz CT molecular complexity index is 247. The lowest BCUT2D eigenvalue weighted by atomic mass is 10.1. The summed E-state index contributed by atoms with van der Waals surface area (Å²) in [4.78, 5) is 25.0. The molecule has 16 heavy (non-hydrogen) atoms. The van der Waals surface area contributed by atoms with Gasteiger partial charge in [0.1, 0.15) is 0 Å². The topological polar surface area (TPSA) is 49.4 Å². The molecule has 0 aromatic carbocycles. The molecule has 0 radical (unpaired) electrons. The Morgan fingerprint density at radius 1 is 1.31 bits per heavy atom. The number of hydrogen-bond donors (Lipinski definition) is 1. The van der Waals surface area contributed by atoms with Crippen molar-refractivity contribution in [1.82, 2.24) is 10.2 Å². The average molecular weight is 226 g/mol. The molecule has 0 bridgehead atoms. The van der Waals surface area contributed by atoms with Gasteiger partial charge in [-0.25, -0.2) is 0 Å². The monoisotopic (exact) mass is 226 g/mol. The SMILES string of the molecule is CCCC(C)C(=O)NCC(=O)N1CCCC1. The van der Waals surface area contributed by atoms with Crippen molar-refractivity contribution in [3.8, 4) is 0 Å². The Balaban J connectivity index is 2.22. The maximum absolute atomic E-state index is 11.6. The summed E-state index contributed by atoms with van der Waals surface area (Å²) in [6.45, 7) is 5.81. The van der Waals surface area contributed by atoms with E-state index in [4.69, 9.17) is 0 Å². The Kier molecular flexibility index (Phi) is 5.29. The van der Waals surface area contributed by atoms with Gasteiger partial charge in [0.05, 0.1) is 6.54 Å². The smallest absolute Gasteiger partial charge is 0.241 e. The average Bonchev–Trinajstić information content (AvgIpc) is 2.79. The van der Waals surface area contributed by atoms with E-state index in [0.717, 1.165) is 38.8 Å². The highest BCUT2D eigenvalue weighted by atomic mass is 16.2. The second-order valence-electron chi connectivity index (χ2n) is 4.50. The first-order valence-corrected chi connectivity index (χ1v) is 6.20. The van der Waals surface area contributed by atoms with Crippen molar-refractivity contribution in [3.05, 3.63) is 0 Å². The third kappa shape index (κ3) is 3.83. The Labute approximate surface area is 97.4 Å². The number of amides is 2. The van der Waals surface area contributed by atoms with E-state index in [2.05, 4.69) is 12.2 Å². The molecule has 4 heteroatoms. The highest BCUT2D eigenvalue weighted by Gasteiger charge is 2.19. The molecular formula is C12H22N2O2. The minimum absolute atomic E-state index is 0.00519. The largest absolute Gasteiger partial charge is 0.347 e. The van der Waals surface area contributed by atoms with Gasteiger partial charge >= 0.3 is 0 Å². The van der Waals surface area contributed by atoms with Crippen LogP contribution in [0.25, 0.3) is 0 Å². The molecule has 1 unspecified atom stereocenters. The minimum Gasteiger partial charge on any atom is -0.347 e. The van der Waals surface area contributed by atoms with E-state index in [1.54, 1.807) is 0 Å². The van der Waals surface area contributed by atoms with Crippen LogP contribution >= 0.6 is 0 Å². The van der Waals surface area contributed by atoms with Crippen molar-refractivity contribution < 1.29 is 9.59 Å². The van der Waals surface area contributed by atoms with Crippen LogP contribution in [0.15, 0.2) is 0 Å². The van der Waals surface area contributed by atoms with E-state index < -0.39 is 0 Å². The lowest BCUT2D eigenvalue weighted by Crippen LogP contribution is -2.40. The van der Waals surface area contributed by atoms with E-state index in [1.807, 2.05) is 11.8 Å². The van der Waals surface area contributed by atoms with Gasteiger partial charge in [-0.05, 0) is 19.3 Å². The first kappa shape index (κ1) is 13.0. The van der Waals surface area contributed by atoms with Gasteiger partial charge in [0.15, 0.2) is 0 Å². The van der Waals surface area contributed by atoms with Crippen LogP contribution in [0, 0.1) is 5.92 Å². The molecule has 0 aliphatic carbocycles. The third-order valence-corrected chi connectivity index (χ3v) is 3.04. The molecule has 1 atom stereocenters. The molecular weight excluding hydrogens is 204 g/mol. The molecule has 1 heterocycles. The zero-order valence-corrected chi connectivity index (χ0v) is 10.3. The van der Waals surface area contributed by atoms with Crippen molar-refractivity contribution in [2.75, 3.05) is 19.6 Å². The Hall–Kier alpha value is -1.06. The summed E-state index contributed by atoms with van der Waals surface area (Å²) in [5, 5.41) is 2.71.